The molecule has 0 aliphatic carbocycles. The summed E-state index contributed by atoms with van der Waals surface area (Å²) in [6, 6.07) is 13.2. The van der Waals surface area contributed by atoms with E-state index < -0.39 is 0 Å². The molecule has 0 atom stereocenters. The molecule has 2 aromatic heterocycles. The number of hydrogen-bond acceptors (Lipinski definition) is 4. The molecule has 2 heterocycles. The Kier molecular flexibility index (Phi) is 3.68. The number of H-pyrrole nitrogens is 1. The number of rotatable bonds is 4. The Balaban J connectivity index is 1.60. The lowest BCUT2D eigenvalue weighted by molar-refractivity contribution is -0.120. The molecular formula is C15H13N5O. The van der Waals surface area contributed by atoms with Crippen LogP contribution in [0.1, 0.15) is 11.4 Å². The van der Waals surface area contributed by atoms with E-state index in [9.17, 15) is 4.79 Å². The van der Waals surface area contributed by atoms with E-state index in [2.05, 4.69) is 25.5 Å². The summed E-state index contributed by atoms with van der Waals surface area (Å²) >= 11 is 0. The van der Waals surface area contributed by atoms with Crippen molar-refractivity contribution in [2.75, 3.05) is 0 Å². The highest BCUT2D eigenvalue weighted by atomic mass is 16.2. The average molecular weight is 279 g/mol. The molecule has 0 saturated heterocycles. The van der Waals surface area contributed by atoms with Crippen LogP contribution in [-0.2, 0) is 11.2 Å². The van der Waals surface area contributed by atoms with Gasteiger partial charge in [0, 0.05) is 6.20 Å². The lowest BCUT2D eigenvalue weighted by atomic mass is 10.2. The quantitative estimate of drug-likeness (QED) is 0.562. The highest BCUT2D eigenvalue weighted by Crippen LogP contribution is 2.07. The molecular weight excluding hydrogens is 266 g/mol. The molecule has 2 N–H and O–H groups in total. The van der Waals surface area contributed by atoms with Gasteiger partial charge in [-0.2, -0.15) is 5.10 Å². The number of nitrogens with one attached hydrogen (secondary N) is 2. The van der Waals surface area contributed by atoms with Crippen molar-refractivity contribution in [1.82, 2.24) is 20.4 Å². The molecule has 0 aliphatic rings. The molecule has 104 valence electrons. The van der Waals surface area contributed by atoms with Crippen LogP contribution in [0.15, 0.2) is 53.8 Å². The van der Waals surface area contributed by atoms with E-state index >= 15 is 0 Å². The minimum Gasteiger partial charge on any atom is -0.340 e. The van der Waals surface area contributed by atoms with Crippen molar-refractivity contribution in [3.05, 3.63) is 60.0 Å². The van der Waals surface area contributed by atoms with Crippen LogP contribution in [0.4, 0.5) is 0 Å². The van der Waals surface area contributed by atoms with Gasteiger partial charge in [0.05, 0.1) is 18.2 Å². The smallest absolute Gasteiger partial charge is 0.247 e. The van der Waals surface area contributed by atoms with Crippen LogP contribution < -0.4 is 5.43 Å². The fourth-order valence-corrected chi connectivity index (χ4v) is 1.89. The van der Waals surface area contributed by atoms with Gasteiger partial charge in [0.2, 0.25) is 5.91 Å². The first kappa shape index (κ1) is 13.0. The van der Waals surface area contributed by atoms with Crippen LogP contribution in [0.5, 0.6) is 0 Å². The number of amides is 1. The number of carbonyl (C=O) groups excluding carboxylic acids is 1. The van der Waals surface area contributed by atoms with E-state index in [0.717, 1.165) is 11.1 Å². The van der Waals surface area contributed by atoms with Crippen LogP contribution in [0, 0.1) is 0 Å². The summed E-state index contributed by atoms with van der Waals surface area (Å²) in [6.45, 7) is 0. The number of pyridine rings is 1. The van der Waals surface area contributed by atoms with Crippen LogP contribution in [-0.4, -0.2) is 27.1 Å². The monoisotopic (exact) mass is 279 g/mol. The third-order valence-corrected chi connectivity index (χ3v) is 2.84. The summed E-state index contributed by atoms with van der Waals surface area (Å²) in [4.78, 5) is 23.2. The van der Waals surface area contributed by atoms with E-state index in [1.165, 1.54) is 0 Å². The zero-order valence-electron chi connectivity index (χ0n) is 11.2. The Labute approximate surface area is 120 Å². The zero-order valence-corrected chi connectivity index (χ0v) is 11.2. The number of carbonyl (C=O) groups is 1. The van der Waals surface area contributed by atoms with Gasteiger partial charge in [-0.15, -0.1) is 0 Å². The lowest BCUT2D eigenvalue weighted by Gasteiger charge is -1.96. The summed E-state index contributed by atoms with van der Waals surface area (Å²) in [5, 5.41) is 3.91. The Hall–Kier alpha value is -3.02. The van der Waals surface area contributed by atoms with Crippen molar-refractivity contribution >= 4 is 23.3 Å². The number of nitrogens with zero attached hydrogens (tertiary/aromatic N) is 3. The molecule has 6 nitrogen and oxygen atoms in total. The molecule has 0 saturated carbocycles. The first-order valence-corrected chi connectivity index (χ1v) is 6.48. The molecule has 0 bridgehead atoms. The molecule has 1 aromatic carbocycles. The van der Waals surface area contributed by atoms with Gasteiger partial charge in [0.25, 0.3) is 0 Å². The maximum atomic E-state index is 11.8. The highest BCUT2D eigenvalue weighted by molar-refractivity contribution is 5.83. The summed E-state index contributed by atoms with van der Waals surface area (Å²) in [5.74, 6) is 0.331. The number of imidazole rings is 1. The number of aromatic amines is 1. The van der Waals surface area contributed by atoms with Crippen molar-refractivity contribution < 1.29 is 4.79 Å². The van der Waals surface area contributed by atoms with E-state index in [0.29, 0.717) is 11.5 Å². The summed E-state index contributed by atoms with van der Waals surface area (Å²) in [7, 11) is 0. The second-order valence-corrected chi connectivity index (χ2v) is 4.44. The van der Waals surface area contributed by atoms with Crippen LogP contribution in [0.2, 0.25) is 0 Å². The van der Waals surface area contributed by atoms with Crippen molar-refractivity contribution in [3.8, 4) is 0 Å². The summed E-state index contributed by atoms with van der Waals surface area (Å²) in [6.07, 6.45) is 3.39. The molecule has 0 radical (unpaired) electrons. The molecule has 21 heavy (non-hydrogen) atoms. The van der Waals surface area contributed by atoms with Crippen LogP contribution in [0.3, 0.4) is 0 Å². The molecule has 6 heteroatoms. The number of hydrogen-bond donors (Lipinski definition) is 2. The third-order valence-electron chi connectivity index (χ3n) is 2.84. The maximum Gasteiger partial charge on any atom is 0.247 e. The summed E-state index contributed by atoms with van der Waals surface area (Å²) in [5.41, 5.74) is 4.81. The minimum absolute atomic E-state index is 0.127. The Bertz CT molecular complexity index is 746. The van der Waals surface area contributed by atoms with Gasteiger partial charge in [-0.05, 0) is 17.7 Å². The predicted octanol–water partition coefficient (Wildman–Crippen LogP) is 1.65. The molecule has 1 amide bonds. The van der Waals surface area contributed by atoms with Gasteiger partial charge < -0.3 is 4.98 Å². The fraction of sp³-hybridized carbons (Fsp3) is 0.0667. The molecule has 0 unspecified atom stereocenters. The minimum atomic E-state index is -0.235. The standard InChI is InChI=1S/C15H13N5O/c21-14(20-17-10-11-5-2-1-3-6-11)9-13-18-12-7-4-8-16-15(12)19-13/h1-8,10H,9H2,(H,20,21)(H,16,18,19)/b17-10+. The van der Waals surface area contributed by atoms with Crippen LogP contribution in [0.25, 0.3) is 11.2 Å². The van der Waals surface area contributed by atoms with Crippen molar-refractivity contribution in [1.29, 1.82) is 0 Å². The molecule has 0 aliphatic heterocycles. The largest absolute Gasteiger partial charge is 0.340 e. The number of fused-ring (bicyclic) bond motifs is 1. The second-order valence-electron chi connectivity index (χ2n) is 4.44. The normalized spacial score (nSPS) is 11.0. The average Bonchev–Trinajstić information content (AvgIpc) is 2.90. The maximum absolute atomic E-state index is 11.8. The Morgan fingerprint density at radius 2 is 2.10 bits per heavy atom. The van der Waals surface area contributed by atoms with Crippen molar-refractivity contribution in [3.63, 3.8) is 0 Å². The van der Waals surface area contributed by atoms with Gasteiger partial charge in [0.1, 0.15) is 5.82 Å². The summed E-state index contributed by atoms with van der Waals surface area (Å²) < 4.78 is 0. The van der Waals surface area contributed by atoms with E-state index in [-0.39, 0.29) is 12.3 Å². The van der Waals surface area contributed by atoms with Gasteiger partial charge >= 0.3 is 0 Å². The number of benzene rings is 1. The third kappa shape index (κ3) is 3.30. The molecule has 3 rings (SSSR count). The number of aromatic nitrogens is 3. The van der Waals surface area contributed by atoms with Crippen molar-refractivity contribution in [2.45, 2.75) is 6.42 Å². The van der Waals surface area contributed by atoms with E-state index in [1.807, 2.05) is 42.5 Å². The molecule has 0 spiro atoms. The number of hydrazone groups is 1. The second kappa shape index (κ2) is 5.96. The van der Waals surface area contributed by atoms with Gasteiger partial charge in [-0.1, -0.05) is 30.3 Å². The Morgan fingerprint density at radius 1 is 1.24 bits per heavy atom. The Morgan fingerprint density at radius 3 is 2.90 bits per heavy atom. The van der Waals surface area contributed by atoms with Gasteiger partial charge in [0.15, 0.2) is 5.65 Å². The van der Waals surface area contributed by atoms with E-state index in [1.54, 1.807) is 12.4 Å². The topological polar surface area (TPSA) is 83.0 Å². The zero-order chi connectivity index (χ0) is 14.5. The first-order valence-electron chi connectivity index (χ1n) is 6.48. The highest BCUT2D eigenvalue weighted by Gasteiger charge is 2.07. The lowest BCUT2D eigenvalue weighted by Crippen LogP contribution is -2.20. The van der Waals surface area contributed by atoms with Gasteiger partial charge in [-0.3, -0.25) is 4.79 Å². The fourth-order valence-electron chi connectivity index (χ4n) is 1.89. The molecule has 3 aromatic rings. The van der Waals surface area contributed by atoms with E-state index in [4.69, 9.17) is 0 Å². The first-order chi connectivity index (χ1) is 10.3. The molecule has 0 fully saturated rings. The van der Waals surface area contributed by atoms with Crippen LogP contribution >= 0.6 is 0 Å². The SMILES string of the molecule is O=C(Cc1nc2ncccc2[nH]1)N/N=C/c1ccccc1. The van der Waals surface area contributed by atoms with Gasteiger partial charge in [-0.25, -0.2) is 15.4 Å². The predicted molar refractivity (Wildman–Crippen MR) is 79.8 cm³/mol. The van der Waals surface area contributed by atoms with Crippen molar-refractivity contribution in [2.24, 2.45) is 5.10 Å².